The quantitative estimate of drug-likeness (QED) is 0.626. The Labute approximate surface area is 185 Å². The Morgan fingerprint density at radius 1 is 1.32 bits per heavy atom. The molecular weight excluding hydrogens is 412 g/mol. The lowest BCUT2D eigenvalue weighted by molar-refractivity contribution is -0.117. The summed E-state index contributed by atoms with van der Waals surface area (Å²) < 4.78 is 5.64. The van der Waals surface area contributed by atoms with Crippen LogP contribution >= 0.6 is 11.8 Å². The summed E-state index contributed by atoms with van der Waals surface area (Å²) in [4.78, 5) is 18.9. The van der Waals surface area contributed by atoms with Gasteiger partial charge in [0.2, 0.25) is 5.91 Å². The van der Waals surface area contributed by atoms with E-state index in [9.17, 15) is 15.3 Å². The van der Waals surface area contributed by atoms with Crippen molar-refractivity contribution in [2.75, 3.05) is 31.1 Å². The number of hydrogen-bond acceptors (Lipinski definition) is 8. The number of carbonyl (C=O) groups excluding carboxylic acids is 1. The third-order valence-corrected chi connectivity index (χ3v) is 6.38. The number of amides is 1. The van der Waals surface area contributed by atoms with Crippen molar-refractivity contribution in [3.63, 3.8) is 0 Å². The van der Waals surface area contributed by atoms with Gasteiger partial charge in [0, 0.05) is 19.6 Å². The zero-order chi connectivity index (χ0) is 22.4. The number of carbonyl (C=O) groups is 1. The molecule has 1 aromatic heterocycles. The number of nitrogens with zero attached hydrogens (tertiary/aromatic N) is 4. The van der Waals surface area contributed by atoms with Crippen LogP contribution in [0.15, 0.2) is 35.4 Å². The second-order valence-electron chi connectivity index (χ2n) is 7.03. The van der Waals surface area contributed by atoms with Gasteiger partial charge in [-0.05, 0) is 17.5 Å². The maximum absolute atomic E-state index is 12.2. The Morgan fingerprint density at radius 2 is 2.03 bits per heavy atom. The van der Waals surface area contributed by atoms with Crippen molar-refractivity contribution in [2.45, 2.75) is 29.7 Å². The summed E-state index contributed by atoms with van der Waals surface area (Å²) in [6.07, 6.45) is 0.313. The molecule has 1 aliphatic heterocycles. The van der Waals surface area contributed by atoms with Crippen molar-refractivity contribution < 1.29 is 9.53 Å². The minimum atomic E-state index is -0.715. The minimum absolute atomic E-state index is 0.165. The molecule has 1 amide bonds. The molecule has 2 aromatic rings. The summed E-state index contributed by atoms with van der Waals surface area (Å²) in [7, 11) is 0. The lowest BCUT2D eigenvalue weighted by atomic mass is 10.0. The van der Waals surface area contributed by atoms with Crippen molar-refractivity contribution in [1.29, 1.82) is 10.5 Å². The molecule has 0 bridgehead atoms. The van der Waals surface area contributed by atoms with Crippen molar-refractivity contribution in [3.05, 3.63) is 52.6 Å². The Hall–Kier alpha value is -3.11. The first-order valence-corrected chi connectivity index (χ1v) is 10.9. The third-order valence-electron chi connectivity index (χ3n) is 5.12. The van der Waals surface area contributed by atoms with Crippen LogP contribution in [0.4, 0.5) is 5.82 Å². The number of rotatable bonds is 7. The molecule has 0 saturated carbocycles. The molecule has 1 fully saturated rings. The molecule has 8 nitrogen and oxygen atoms in total. The van der Waals surface area contributed by atoms with Gasteiger partial charge in [-0.2, -0.15) is 10.5 Å². The molecular formula is C22H24N6O2S. The van der Waals surface area contributed by atoms with E-state index in [0.29, 0.717) is 60.2 Å². The summed E-state index contributed by atoms with van der Waals surface area (Å²) in [6, 6.07) is 13.5. The molecule has 160 valence electrons. The maximum Gasteiger partial charge on any atom is 0.235 e. The summed E-state index contributed by atoms with van der Waals surface area (Å²) >= 11 is 1.13. The first-order chi connectivity index (χ1) is 15.0. The number of aromatic nitrogens is 1. The van der Waals surface area contributed by atoms with Crippen LogP contribution in [0.5, 0.6) is 0 Å². The number of pyridine rings is 1. The zero-order valence-electron chi connectivity index (χ0n) is 17.2. The molecule has 1 saturated heterocycles. The van der Waals surface area contributed by atoms with Crippen LogP contribution in [0, 0.1) is 22.7 Å². The van der Waals surface area contributed by atoms with Gasteiger partial charge in [-0.3, -0.25) is 4.79 Å². The normalized spacial score (nSPS) is 16.9. The summed E-state index contributed by atoms with van der Waals surface area (Å²) in [5.41, 5.74) is 13.5. The van der Waals surface area contributed by atoms with Gasteiger partial charge in [0.1, 0.15) is 28.2 Å². The molecule has 9 heteroatoms. The van der Waals surface area contributed by atoms with E-state index < -0.39 is 11.2 Å². The highest BCUT2D eigenvalue weighted by Crippen LogP contribution is 2.39. The van der Waals surface area contributed by atoms with E-state index in [2.05, 4.69) is 12.1 Å². The van der Waals surface area contributed by atoms with Gasteiger partial charge in [0.15, 0.2) is 0 Å². The lowest BCUT2D eigenvalue weighted by Gasteiger charge is -2.34. The lowest BCUT2D eigenvalue weighted by Crippen LogP contribution is -2.46. The van der Waals surface area contributed by atoms with Crippen molar-refractivity contribution in [2.24, 2.45) is 11.5 Å². The van der Waals surface area contributed by atoms with E-state index >= 15 is 0 Å². The summed E-state index contributed by atoms with van der Waals surface area (Å²) in [6.45, 7) is 3.76. The molecule has 0 aliphatic carbocycles. The van der Waals surface area contributed by atoms with E-state index in [0.717, 1.165) is 17.3 Å². The van der Waals surface area contributed by atoms with Gasteiger partial charge in [-0.15, -0.1) is 0 Å². The fraction of sp³-hybridized carbons (Fsp3) is 0.364. The molecule has 1 aromatic carbocycles. The standard InChI is InChI=1S/C22H24N6O2S/c1-2-16-17(11-24)21(28-8-9-30-15(10-23)13-28)27-22(18(16)12-25)31-19(20(26)29)14-6-4-3-5-7-14/h3-7,15,19H,2,8-10,13,23H2,1H3,(H2,26,29)/t15-,19-/m1/s1. The predicted molar refractivity (Wildman–Crippen MR) is 118 cm³/mol. The molecule has 2 atom stereocenters. The van der Waals surface area contributed by atoms with E-state index in [-0.39, 0.29) is 6.10 Å². The maximum atomic E-state index is 12.2. The van der Waals surface area contributed by atoms with Crippen LogP contribution in [0.25, 0.3) is 0 Å². The van der Waals surface area contributed by atoms with Gasteiger partial charge in [0.05, 0.1) is 23.8 Å². The highest BCUT2D eigenvalue weighted by Gasteiger charge is 2.29. The van der Waals surface area contributed by atoms with Crippen LogP contribution in [0.2, 0.25) is 0 Å². The largest absolute Gasteiger partial charge is 0.373 e. The topological polar surface area (TPSA) is 142 Å². The van der Waals surface area contributed by atoms with Crippen molar-refractivity contribution in [1.82, 2.24) is 4.98 Å². The molecule has 0 spiro atoms. The smallest absolute Gasteiger partial charge is 0.235 e. The molecule has 1 aliphatic rings. The van der Waals surface area contributed by atoms with Crippen LogP contribution in [-0.4, -0.2) is 43.2 Å². The molecule has 0 unspecified atom stereocenters. The third kappa shape index (κ3) is 4.80. The molecule has 31 heavy (non-hydrogen) atoms. The summed E-state index contributed by atoms with van der Waals surface area (Å²) in [5, 5.41) is 19.4. The number of ether oxygens (including phenoxy) is 1. The first kappa shape index (κ1) is 22.6. The SMILES string of the molecule is CCc1c(C#N)c(S[C@@H](C(N)=O)c2ccccc2)nc(N2CCO[C@H](CN)C2)c1C#N. The number of thioether (sulfide) groups is 1. The first-order valence-electron chi connectivity index (χ1n) is 9.98. The fourth-order valence-electron chi connectivity index (χ4n) is 3.58. The monoisotopic (exact) mass is 436 g/mol. The molecule has 3 rings (SSSR count). The van der Waals surface area contributed by atoms with Crippen LogP contribution < -0.4 is 16.4 Å². The second-order valence-corrected chi connectivity index (χ2v) is 8.13. The fourth-order valence-corrected chi connectivity index (χ4v) is 4.64. The van der Waals surface area contributed by atoms with Gasteiger partial charge in [-0.1, -0.05) is 49.0 Å². The molecule has 4 N–H and O–H groups in total. The Bertz CT molecular complexity index is 1030. The minimum Gasteiger partial charge on any atom is -0.373 e. The number of benzene rings is 1. The Balaban J connectivity index is 2.12. The zero-order valence-corrected chi connectivity index (χ0v) is 18.1. The van der Waals surface area contributed by atoms with Crippen LogP contribution in [0.3, 0.4) is 0 Å². The number of nitriles is 2. The molecule has 2 heterocycles. The Morgan fingerprint density at radius 3 is 2.61 bits per heavy atom. The number of morpholine rings is 1. The van der Waals surface area contributed by atoms with Crippen LogP contribution in [-0.2, 0) is 16.0 Å². The Kier molecular flexibility index (Phi) is 7.48. The second kappa shape index (κ2) is 10.3. The highest BCUT2D eigenvalue weighted by atomic mass is 32.2. The number of hydrogen-bond donors (Lipinski definition) is 2. The van der Waals surface area contributed by atoms with Crippen molar-refractivity contribution >= 4 is 23.5 Å². The van der Waals surface area contributed by atoms with E-state index in [1.807, 2.05) is 42.2 Å². The van der Waals surface area contributed by atoms with Gasteiger partial charge in [-0.25, -0.2) is 4.98 Å². The van der Waals surface area contributed by atoms with Crippen LogP contribution in [0.1, 0.15) is 34.4 Å². The van der Waals surface area contributed by atoms with E-state index in [1.165, 1.54) is 0 Å². The number of primary amides is 1. The van der Waals surface area contributed by atoms with Gasteiger partial charge >= 0.3 is 0 Å². The summed E-state index contributed by atoms with van der Waals surface area (Å²) in [5.74, 6) is -0.0423. The average molecular weight is 437 g/mol. The average Bonchev–Trinajstić information content (AvgIpc) is 2.81. The number of nitrogens with two attached hydrogens (primary N) is 2. The highest BCUT2D eigenvalue weighted by molar-refractivity contribution is 8.00. The van der Waals surface area contributed by atoms with Crippen molar-refractivity contribution in [3.8, 4) is 12.1 Å². The predicted octanol–water partition coefficient (Wildman–Crippen LogP) is 1.87. The van der Waals surface area contributed by atoms with Gasteiger partial charge < -0.3 is 21.1 Å². The number of anilines is 1. The molecule has 0 radical (unpaired) electrons. The van der Waals surface area contributed by atoms with Gasteiger partial charge in [0.25, 0.3) is 0 Å². The van der Waals surface area contributed by atoms with E-state index in [1.54, 1.807) is 0 Å². The van der Waals surface area contributed by atoms with E-state index in [4.69, 9.17) is 21.2 Å².